The van der Waals surface area contributed by atoms with E-state index in [1.54, 1.807) is 22.6 Å². The van der Waals surface area contributed by atoms with Gasteiger partial charge in [-0.15, -0.1) is 12.4 Å². The number of carbonyl (C=O) groups is 1. The van der Waals surface area contributed by atoms with E-state index in [1.807, 2.05) is 0 Å². The molecule has 0 bridgehead atoms. The molecule has 1 atom stereocenters. The Morgan fingerprint density at radius 1 is 1.37 bits per heavy atom. The van der Waals surface area contributed by atoms with Crippen LogP contribution >= 0.6 is 35.0 Å². The number of halogens is 4. The minimum absolute atomic E-state index is 0. The van der Waals surface area contributed by atoms with Crippen molar-refractivity contribution >= 4 is 40.9 Å². The molecule has 2 N–H and O–H groups in total. The van der Waals surface area contributed by atoms with Crippen molar-refractivity contribution in [1.29, 1.82) is 0 Å². The van der Waals surface area contributed by atoms with Crippen LogP contribution in [0.3, 0.4) is 0 Å². The molecule has 1 aromatic rings. The second-order valence-corrected chi connectivity index (χ2v) is 5.56. The van der Waals surface area contributed by atoms with E-state index in [1.165, 1.54) is 11.0 Å². The largest absolute Gasteiger partial charge is 0.337 e. The summed E-state index contributed by atoms with van der Waals surface area (Å²) >= 11 is 1.74. The maximum Gasteiger partial charge on any atom is 0.256 e. The highest BCUT2D eigenvalue weighted by atomic mass is 127. The van der Waals surface area contributed by atoms with Crippen LogP contribution in [0.25, 0.3) is 0 Å². The predicted octanol–water partition coefficient (Wildman–Crippen LogP) is 2.55. The van der Waals surface area contributed by atoms with Crippen LogP contribution < -0.4 is 5.73 Å². The Morgan fingerprint density at radius 2 is 2.05 bits per heavy atom. The number of benzene rings is 1. The highest BCUT2D eigenvalue weighted by Crippen LogP contribution is 2.20. The highest BCUT2D eigenvalue weighted by Gasteiger charge is 2.25. The van der Waals surface area contributed by atoms with Crippen molar-refractivity contribution in [3.05, 3.63) is 32.9 Å². The topological polar surface area (TPSA) is 46.3 Å². The fourth-order valence-electron chi connectivity index (χ4n) is 2.05. The van der Waals surface area contributed by atoms with E-state index >= 15 is 0 Å². The highest BCUT2D eigenvalue weighted by molar-refractivity contribution is 14.1. The van der Waals surface area contributed by atoms with Crippen molar-refractivity contribution in [3.63, 3.8) is 0 Å². The smallest absolute Gasteiger partial charge is 0.256 e. The number of hydrogen-bond acceptors (Lipinski definition) is 2. The molecule has 0 aliphatic carbocycles. The fraction of sp³-hybridized carbons (Fsp3) is 0.417. The van der Waals surface area contributed by atoms with E-state index in [-0.39, 0.29) is 27.6 Å². The summed E-state index contributed by atoms with van der Waals surface area (Å²) in [5.41, 5.74) is 5.70. The van der Waals surface area contributed by atoms with Gasteiger partial charge in [-0.2, -0.15) is 0 Å². The number of hydrogen-bond donors (Lipinski definition) is 1. The number of rotatable bonds is 1. The Labute approximate surface area is 130 Å². The summed E-state index contributed by atoms with van der Waals surface area (Å²) in [5, 5.41) is 0. The molecule has 1 aromatic carbocycles. The van der Waals surface area contributed by atoms with Crippen LogP contribution in [0.15, 0.2) is 12.1 Å². The zero-order chi connectivity index (χ0) is 13.3. The third-order valence-corrected chi connectivity index (χ3v) is 3.81. The Morgan fingerprint density at radius 3 is 2.68 bits per heavy atom. The van der Waals surface area contributed by atoms with Gasteiger partial charge in [0.25, 0.3) is 5.91 Å². The van der Waals surface area contributed by atoms with Crippen LogP contribution in [-0.4, -0.2) is 29.9 Å². The standard InChI is InChI=1S/C12H13F2IN2O.ClH/c13-9-5-10(14)11(15)4-8(9)12(18)17-3-1-2-7(16)6-17;/h4-5,7H,1-3,6,16H2;1H. The number of carbonyl (C=O) groups excluding carboxylic acids is 1. The van der Waals surface area contributed by atoms with E-state index in [0.717, 1.165) is 18.9 Å². The average molecular weight is 403 g/mol. The van der Waals surface area contributed by atoms with Gasteiger partial charge in [0.15, 0.2) is 0 Å². The molecule has 1 saturated heterocycles. The Hall–Kier alpha value is -0.470. The van der Waals surface area contributed by atoms with Crippen molar-refractivity contribution < 1.29 is 13.6 Å². The zero-order valence-electron chi connectivity index (χ0n) is 10.0. The molecule has 7 heteroatoms. The third-order valence-electron chi connectivity index (χ3n) is 2.99. The van der Waals surface area contributed by atoms with Crippen LogP contribution in [0.4, 0.5) is 8.78 Å². The summed E-state index contributed by atoms with van der Waals surface area (Å²) in [7, 11) is 0. The first kappa shape index (κ1) is 16.6. The van der Waals surface area contributed by atoms with E-state index in [4.69, 9.17) is 5.73 Å². The first-order valence-electron chi connectivity index (χ1n) is 5.68. The molecule has 1 amide bonds. The first-order chi connectivity index (χ1) is 8.49. The van der Waals surface area contributed by atoms with E-state index in [9.17, 15) is 13.6 Å². The van der Waals surface area contributed by atoms with Gasteiger partial charge >= 0.3 is 0 Å². The minimum atomic E-state index is -0.822. The SMILES string of the molecule is Cl.NC1CCCN(C(=O)c2cc(I)c(F)cc2F)C1. The lowest BCUT2D eigenvalue weighted by molar-refractivity contribution is 0.0704. The van der Waals surface area contributed by atoms with Gasteiger partial charge in [0.1, 0.15) is 11.6 Å². The molecule has 0 aromatic heterocycles. The summed E-state index contributed by atoms with van der Waals surface area (Å²) in [5.74, 6) is -1.89. The van der Waals surface area contributed by atoms with E-state index in [2.05, 4.69) is 0 Å². The van der Waals surface area contributed by atoms with Crippen molar-refractivity contribution in [2.45, 2.75) is 18.9 Å². The second-order valence-electron chi connectivity index (χ2n) is 4.40. The second kappa shape index (κ2) is 6.81. The van der Waals surface area contributed by atoms with E-state index < -0.39 is 17.5 Å². The molecule has 1 aliphatic heterocycles. The van der Waals surface area contributed by atoms with Gasteiger partial charge in [-0.25, -0.2) is 8.78 Å². The number of amides is 1. The molecule has 0 saturated carbocycles. The normalized spacial score (nSPS) is 18.9. The molecule has 106 valence electrons. The summed E-state index contributed by atoms with van der Waals surface area (Å²) in [6, 6.07) is 1.93. The molecule has 19 heavy (non-hydrogen) atoms. The average Bonchev–Trinajstić information content (AvgIpc) is 2.33. The predicted molar refractivity (Wildman–Crippen MR) is 79.4 cm³/mol. The Kier molecular flexibility index (Phi) is 5.94. The van der Waals surface area contributed by atoms with Crippen LogP contribution in [0.5, 0.6) is 0 Å². The molecular weight excluding hydrogens is 388 g/mol. The Bertz CT molecular complexity index is 487. The monoisotopic (exact) mass is 402 g/mol. The maximum absolute atomic E-state index is 13.6. The quantitative estimate of drug-likeness (QED) is 0.580. The van der Waals surface area contributed by atoms with Gasteiger partial charge in [-0.05, 0) is 41.5 Å². The molecule has 2 rings (SSSR count). The van der Waals surface area contributed by atoms with Crippen molar-refractivity contribution in [1.82, 2.24) is 4.90 Å². The lowest BCUT2D eigenvalue weighted by Crippen LogP contribution is -2.45. The third kappa shape index (κ3) is 3.76. The van der Waals surface area contributed by atoms with Crippen molar-refractivity contribution in [2.24, 2.45) is 5.73 Å². The zero-order valence-corrected chi connectivity index (χ0v) is 13.0. The summed E-state index contributed by atoms with van der Waals surface area (Å²) < 4.78 is 27.0. The van der Waals surface area contributed by atoms with Crippen molar-refractivity contribution in [2.75, 3.05) is 13.1 Å². The maximum atomic E-state index is 13.6. The molecule has 1 heterocycles. The molecule has 0 radical (unpaired) electrons. The first-order valence-corrected chi connectivity index (χ1v) is 6.76. The number of piperidine rings is 1. The van der Waals surface area contributed by atoms with Gasteiger partial charge in [-0.3, -0.25) is 4.79 Å². The Balaban J connectivity index is 0.00000180. The summed E-state index contributed by atoms with van der Waals surface area (Å²) in [6.45, 7) is 0.992. The molecule has 1 fully saturated rings. The molecule has 1 unspecified atom stereocenters. The lowest BCUT2D eigenvalue weighted by Gasteiger charge is -2.30. The summed E-state index contributed by atoms with van der Waals surface area (Å²) in [6.07, 6.45) is 1.68. The van der Waals surface area contributed by atoms with Crippen LogP contribution in [0.1, 0.15) is 23.2 Å². The van der Waals surface area contributed by atoms with Crippen molar-refractivity contribution in [3.8, 4) is 0 Å². The van der Waals surface area contributed by atoms with E-state index in [0.29, 0.717) is 13.1 Å². The number of nitrogens with zero attached hydrogens (tertiary/aromatic N) is 1. The van der Waals surface area contributed by atoms with Crippen LogP contribution in [0, 0.1) is 15.2 Å². The number of likely N-dealkylation sites (tertiary alicyclic amines) is 1. The molecule has 3 nitrogen and oxygen atoms in total. The minimum Gasteiger partial charge on any atom is -0.337 e. The van der Waals surface area contributed by atoms with Gasteiger partial charge in [0.2, 0.25) is 0 Å². The molecular formula is C12H14ClF2IN2O. The fourth-order valence-corrected chi connectivity index (χ4v) is 2.52. The number of nitrogens with two attached hydrogens (primary N) is 1. The summed E-state index contributed by atoms with van der Waals surface area (Å²) in [4.78, 5) is 13.7. The van der Waals surface area contributed by atoms with Crippen LogP contribution in [0.2, 0.25) is 0 Å². The lowest BCUT2D eigenvalue weighted by atomic mass is 10.1. The molecule has 0 spiro atoms. The van der Waals surface area contributed by atoms with Crippen LogP contribution in [-0.2, 0) is 0 Å². The van der Waals surface area contributed by atoms with Gasteiger partial charge in [0, 0.05) is 28.8 Å². The van der Waals surface area contributed by atoms with Gasteiger partial charge < -0.3 is 10.6 Å². The van der Waals surface area contributed by atoms with Gasteiger partial charge in [-0.1, -0.05) is 0 Å². The molecule has 1 aliphatic rings. The van der Waals surface area contributed by atoms with Gasteiger partial charge in [0.05, 0.1) is 5.56 Å².